The smallest absolute Gasteiger partial charge is 0.119 e. The van der Waals surface area contributed by atoms with Gasteiger partial charge in [0.1, 0.15) is 11.5 Å². The monoisotopic (exact) mass is 290 g/mol. The lowest BCUT2D eigenvalue weighted by molar-refractivity contribution is 0.203. The molecule has 4 heteroatoms. The third-order valence-electron chi connectivity index (χ3n) is 2.95. The van der Waals surface area contributed by atoms with Crippen molar-refractivity contribution in [2.24, 2.45) is 0 Å². The molecule has 2 aromatic carbocycles. The van der Waals surface area contributed by atoms with E-state index in [1.165, 1.54) is 0 Å². The molecule has 2 aromatic rings. The second-order valence-corrected chi connectivity index (χ2v) is 5.37. The van der Waals surface area contributed by atoms with Crippen molar-refractivity contribution < 1.29 is 14.6 Å². The van der Waals surface area contributed by atoms with Gasteiger partial charge in [0, 0.05) is 10.6 Å². The summed E-state index contributed by atoms with van der Waals surface area (Å²) >= 11 is 1.61. The molecule has 0 bridgehead atoms. The molecule has 3 nitrogen and oxygen atoms in total. The van der Waals surface area contributed by atoms with E-state index < -0.39 is 6.10 Å². The Morgan fingerprint density at radius 1 is 1.00 bits per heavy atom. The fourth-order valence-electron chi connectivity index (χ4n) is 1.79. The molecule has 1 atom stereocenters. The van der Waals surface area contributed by atoms with E-state index in [0.717, 1.165) is 22.0 Å². The Labute approximate surface area is 123 Å². The van der Waals surface area contributed by atoms with Gasteiger partial charge in [0.2, 0.25) is 0 Å². The molecule has 0 amide bonds. The van der Waals surface area contributed by atoms with Gasteiger partial charge in [-0.25, -0.2) is 0 Å². The Kier molecular flexibility index (Phi) is 5.32. The normalized spacial score (nSPS) is 11.9. The first-order chi connectivity index (χ1) is 9.72. The molecule has 0 aliphatic carbocycles. The topological polar surface area (TPSA) is 38.7 Å². The number of aliphatic hydroxyl groups is 1. The lowest BCUT2D eigenvalue weighted by Gasteiger charge is -2.12. The SMILES string of the molecule is COc1ccc(SCC(O)c2cccc(OC)c2)cc1. The van der Waals surface area contributed by atoms with Crippen LogP contribution in [-0.2, 0) is 0 Å². The third-order valence-corrected chi connectivity index (χ3v) is 4.03. The third kappa shape index (κ3) is 3.92. The Hall–Kier alpha value is -1.65. The quantitative estimate of drug-likeness (QED) is 0.826. The lowest BCUT2D eigenvalue weighted by Crippen LogP contribution is -2.00. The maximum Gasteiger partial charge on any atom is 0.119 e. The van der Waals surface area contributed by atoms with E-state index in [0.29, 0.717) is 5.75 Å². The Morgan fingerprint density at radius 2 is 1.70 bits per heavy atom. The largest absolute Gasteiger partial charge is 0.497 e. The second-order valence-electron chi connectivity index (χ2n) is 4.28. The minimum absolute atomic E-state index is 0.516. The summed E-state index contributed by atoms with van der Waals surface area (Å²) in [5, 5.41) is 10.2. The van der Waals surface area contributed by atoms with Gasteiger partial charge in [-0.1, -0.05) is 12.1 Å². The van der Waals surface area contributed by atoms with Gasteiger partial charge in [0.15, 0.2) is 0 Å². The molecule has 20 heavy (non-hydrogen) atoms. The average Bonchev–Trinajstić information content (AvgIpc) is 2.53. The molecule has 1 unspecified atom stereocenters. The average molecular weight is 290 g/mol. The number of methoxy groups -OCH3 is 2. The fraction of sp³-hybridized carbons (Fsp3) is 0.250. The van der Waals surface area contributed by atoms with Gasteiger partial charge in [-0.05, 0) is 42.0 Å². The van der Waals surface area contributed by atoms with E-state index in [2.05, 4.69) is 0 Å². The summed E-state index contributed by atoms with van der Waals surface area (Å²) in [6.45, 7) is 0. The molecular formula is C16H18O3S. The number of hydrogen-bond donors (Lipinski definition) is 1. The van der Waals surface area contributed by atoms with Crippen LogP contribution in [0.3, 0.4) is 0 Å². The van der Waals surface area contributed by atoms with Gasteiger partial charge < -0.3 is 14.6 Å². The van der Waals surface area contributed by atoms with Crippen molar-refractivity contribution in [3.8, 4) is 11.5 Å². The maximum absolute atomic E-state index is 10.2. The van der Waals surface area contributed by atoms with E-state index in [9.17, 15) is 5.11 Å². The summed E-state index contributed by atoms with van der Waals surface area (Å²) in [6, 6.07) is 15.3. The van der Waals surface area contributed by atoms with Crippen molar-refractivity contribution in [2.75, 3.05) is 20.0 Å². The van der Waals surface area contributed by atoms with Gasteiger partial charge in [-0.3, -0.25) is 0 Å². The number of ether oxygens (including phenoxy) is 2. The Bertz CT molecular complexity index is 540. The summed E-state index contributed by atoms with van der Waals surface area (Å²) in [5.74, 6) is 2.19. The van der Waals surface area contributed by atoms with Crippen molar-refractivity contribution in [2.45, 2.75) is 11.0 Å². The summed E-state index contributed by atoms with van der Waals surface area (Å²) in [6.07, 6.45) is -0.516. The van der Waals surface area contributed by atoms with Crippen LogP contribution in [0.15, 0.2) is 53.4 Å². The maximum atomic E-state index is 10.2. The highest BCUT2D eigenvalue weighted by Crippen LogP contribution is 2.27. The molecule has 0 spiro atoms. The van der Waals surface area contributed by atoms with Crippen molar-refractivity contribution in [1.82, 2.24) is 0 Å². The molecule has 0 aliphatic heterocycles. The van der Waals surface area contributed by atoms with Gasteiger partial charge in [0.05, 0.1) is 20.3 Å². The highest BCUT2D eigenvalue weighted by Gasteiger charge is 2.09. The summed E-state index contributed by atoms with van der Waals surface area (Å²) in [7, 11) is 3.27. The zero-order valence-corrected chi connectivity index (χ0v) is 12.4. The standard InChI is InChI=1S/C16H18O3S/c1-18-13-6-8-15(9-7-13)20-11-16(17)12-4-3-5-14(10-12)19-2/h3-10,16-17H,11H2,1-2H3. The first kappa shape index (κ1) is 14.8. The van der Waals surface area contributed by atoms with E-state index in [4.69, 9.17) is 9.47 Å². The van der Waals surface area contributed by atoms with Crippen LogP contribution in [0.5, 0.6) is 11.5 Å². The number of rotatable bonds is 6. The molecule has 0 saturated heterocycles. The number of thioether (sulfide) groups is 1. The molecular weight excluding hydrogens is 272 g/mol. The minimum atomic E-state index is -0.516. The zero-order chi connectivity index (χ0) is 14.4. The van der Waals surface area contributed by atoms with Crippen LogP contribution in [0.2, 0.25) is 0 Å². The van der Waals surface area contributed by atoms with Crippen LogP contribution in [0.1, 0.15) is 11.7 Å². The van der Waals surface area contributed by atoms with Crippen LogP contribution in [-0.4, -0.2) is 25.1 Å². The van der Waals surface area contributed by atoms with Gasteiger partial charge in [0.25, 0.3) is 0 Å². The second kappa shape index (κ2) is 7.22. The molecule has 1 N–H and O–H groups in total. The molecule has 2 rings (SSSR count). The van der Waals surface area contributed by atoms with Crippen LogP contribution < -0.4 is 9.47 Å². The van der Waals surface area contributed by atoms with Crippen molar-refractivity contribution in [3.63, 3.8) is 0 Å². The fourth-order valence-corrected chi connectivity index (χ4v) is 2.66. The molecule has 0 fully saturated rings. The van der Waals surface area contributed by atoms with Gasteiger partial charge >= 0.3 is 0 Å². The Morgan fingerprint density at radius 3 is 2.35 bits per heavy atom. The van der Waals surface area contributed by atoms with E-state index in [-0.39, 0.29) is 0 Å². The molecule has 106 valence electrons. The van der Waals surface area contributed by atoms with Gasteiger partial charge in [-0.2, -0.15) is 0 Å². The van der Waals surface area contributed by atoms with E-state index in [1.54, 1.807) is 26.0 Å². The molecule has 0 heterocycles. The van der Waals surface area contributed by atoms with E-state index in [1.807, 2.05) is 48.5 Å². The summed E-state index contributed by atoms with van der Waals surface area (Å²) < 4.78 is 10.3. The van der Waals surface area contributed by atoms with Crippen molar-refractivity contribution in [1.29, 1.82) is 0 Å². The van der Waals surface area contributed by atoms with Crippen LogP contribution in [0, 0.1) is 0 Å². The molecule has 0 aromatic heterocycles. The predicted molar refractivity (Wildman–Crippen MR) is 81.7 cm³/mol. The highest BCUT2D eigenvalue weighted by molar-refractivity contribution is 7.99. The van der Waals surface area contributed by atoms with Crippen molar-refractivity contribution >= 4 is 11.8 Å². The molecule has 0 radical (unpaired) electrons. The van der Waals surface area contributed by atoms with Crippen LogP contribution in [0.25, 0.3) is 0 Å². The Balaban J connectivity index is 1.95. The first-order valence-electron chi connectivity index (χ1n) is 6.32. The molecule has 0 saturated carbocycles. The zero-order valence-electron chi connectivity index (χ0n) is 11.6. The van der Waals surface area contributed by atoms with Crippen molar-refractivity contribution in [3.05, 3.63) is 54.1 Å². The number of aliphatic hydroxyl groups excluding tert-OH is 1. The lowest BCUT2D eigenvalue weighted by atomic mass is 10.1. The highest BCUT2D eigenvalue weighted by atomic mass is 32.2. The van der Waals surface area contributed by atoms with Gasteiger partial charge in [-0.15, -0.1) is 11.8 Å². The predicted octanol–water partition coefficient (Wildman–Crippen LogP) is 3.53. The number of hydrogen-bond acceptors (Lipinski definition) is 4. The minimum Gasteiger partial charge on any atom is -0.497 e. The first-order valence-corrected chi connectivity index (χ1v) is 7.30. The summed E-state index contributed by atoms with van der Waals surface area (Å²) in [5.41, 5.74) is 0.866. The van der Waals surface area contributed by atoms with E-state index >= 15 is 0 Å². The van der Waals surface area contributed by atoms with Crippen LogP contribution in [0.4, 0.5) is 0 Å². The molecule has 0 aliphatic rings. The van der Waals surface area contributed by atoms with Crippen LogP contribution >= 0.6 is 11.8 Å². The summed E-state index contributed by atoms with van der Waals surface area (Å²) in [4.78, 5) is 1.10. The number of benzene rings is 2.